The lowest BCUT2D eigenvalue weighted by molar-refractivity contribution is 0.138. The van der Waals surface area contributed by atoms with Crippen LogP contribution in [0, 0.1) is 0 Å². The fourth-order valence-corrected chi connectivity index (χ4v) is 0.118. The lowest BCUT2D eigenvalue weighted by Gasteiger charge is -1.95. The maximum absolute atomic E-state index is 9.26. The van der Waals surface area contributed by atoms with E-state index < -0.39 is 11.3 Å². The molecule has 0 aromatic rings. The lowest BCUT2D eigenvalue weighted by Crippen LogP contribution is -2.07. The van der Waals surface area contributed by atoms with Crippen molar-refractivity contribution in [3.05, 3.63) is 0 Å². The van der Waals surface area contributed by atoms with E-state index in [1.54, 1.807) is 0 Å². The van der Waals surface area contributed by atoms with Gasteiger partial charge in [0.15, 0.2) is 0 Å². The molecule has 1 atom stereocenters. The average Bonchev–Trinajstić information content (AvgIpc) is 1.91. The van der Waals surface area contributed by atoms with Crippen molar-refractivity contribution in [2.75, 3.05) is 13.7 Å². The molecule has 0 fully saturated rings. The van der Waals surface area contributed by atoms with E-state index in [1.807, 2.05) is 11.6 Å². The number of hydrogen-bond acceptors (Lipinski definition) is 4. The van der Waals surface area contributed by atoms with Crippen LogP contribution in [0.3, 0.4) is 0 Å². The third kappa shape index (κ3) is 24.5. The van der Waals surface area contributed by atoms with Crippen LogP contribution in [-0.4, -0.2) is 22.4 Å². The zero-order valence-corrected chi connectivity index (χ0v) is 6.94. The second-order valence-electron chi connectivity index (χ2n) is 1.31. The van der Waals surface area contributed by atoms with Crippen LogP contribution in [-0.2, 0) is 16.1 Å². The van der Waals surface area contributed by atoms with Gasteiger partial charge in [0.25, 0.3) is 0 Å². The van der Waals surface area contributed by atoms with E-state index in [1.165, 1.54) is 7.05 Å². The highest BCUT2D eigenvalue weighted by Crippen LogP contribution is 1.67. The molecule has 0 aromatic heterocycles. The smallest absolute Gasteiger partial charge is 0.0676 e. The minimum atomic E-state index is -2.07. The Balaban J connectivity index is 0. The van der Waals surface area contributed by atoms with Gasteiger partial charge in [-0.2, -0.15) is 0 Å². The van der Waals surface area contributed by atoms with Crippen LogP contribution in [0.4, 0.5) is 0 Å². The SMILES string of the molecule is CCCON.CNS(=O)[O-]. The minimum Gasteiger partial charge on any atom is -0.760 e. The molecule has 0 saturated carbocycles. The minimum absolute atomic E-state index is 0.667. The summed E-state index contributed by atoms with van der Waals surface area (Å²) in [6.45, 7) is 2.67. The normalized spacial score (nSPS) is 11.6. The molecule has 0 radical (unpaired) electrons. The van der Waals surface area contributed by atoms with E-state index in [0.717, 1.165) is 6.42 Å². The highest BCUT2D eigenvalue weighted by atomic mass is 32.2. The molecule has 0 heterocycles. The topological polar surface area (TPSA) is 87.4 Å². The Labute approximate surface area is 63.3 Å². The molecule has 10 heavy (non-hydrogen) atoms. The second kappa shape index (κ2) is 11.7. The molecule has 0 aromatic carbocycles. The summed E-state index contributed by atoms with van der Waals surface area (Å²) in [5.41, 5.74) is 0. The van der Waals surface area contributed by atoms with Crippen molar-refractivity contribution < 1.29 is 13.6 Å². The Morgan fingerprint density at radius 2 is 2.20 bits per heavy atom. The monoisotopic (exact) mass is 169 g/mol. The Hall–Kier alpha value is -0.0100. The van der Waals surface area contributed by atoms with Gasteiger partial charge < -0.3 is 9.39 Å². The summed E-state index contributed by atoms with van der Waals surface area (Å²) in [5, 5.41) is 0. The molecule has 6 heteroatoms. The van der Waals surface area contributed by atoms with Crippen molar-refractivity contribution in [2.24, 2.45) is 5.90 Å². The summed E-state index contributed by atoms with van der Waals surface area (Å²) in [6.07, 6.45) is 0.997. The Kier molecular flexibility index (Phi) is 14.9. The fraction of sp³-hybridized carbons (Fsp3) is 1.00. The summed E-state index contributed by atoms with van der Waals surface area (Å²) < 4.78 is 20.5. The zero-order valence-electron chi connectivity index (χ0n) is 6.12. The largest absolute Gasteiger partial charge is 0.760 e. The molecule has 0 aliphatic carbocycles. The average molecular weight is 169 g/mol. The van der Waals surface area contributed by atoms with Gasteiger partial charge in [0.2, 0.25) is 0 Å². The number of nitrogens with one attached hydrogen (secondary N) is 1. The van der Waals surface area contributed by atoms with Crippen LogP contribution < -0.4 is 10.6 Å². The third-order valence-corrected chi connectivity index (χ3v) is 0.822. The number of hydrogen-bond donors (Lipinski definition) is 2. The first kappa shape index (κ1) is 12.6. The van der Waals surface area contributed by atoms with Crippen molar-refractivity contribution in [3.63, 3.8) is 0 Å². The lowest BCUT2D eigenvalue weighted by atomic mass is 10.5. The van der Waals surface area contributed by atoms with E-state index in [4.69, 9.17) is 0 Å². The maximum Gasteiger partial charge on any atom is 0.0676 e. The van der Waals surface area contributed by atoms with Gasteiger partial charge in [-0.1, -0.05) is 6.92 Å². The van der Waals surface area contributed by atoms with Crippen molar-refractivity contribution in [1.82, 2.24) is 4.72 Å². The van der Waals surface area contributed by atoms with Crippen LogP contribution in [0.5, 0.6) is 0 Å². The summed E-state index contributed by atoms with van der Waals surface area (Å²) in [6, 6.07) is 0. The maximum atomic E-state index is 9.26. The van der Waals surface area contributed by atoms with E-state index in [9.17, 15) is 8.76 Å². The van der Waals surface area contributed by atoms with Crippen molar-refractivity contribution in [1.29, 1.82) is 0 Å². The first-order valence-corrected chi connectivity index (χ1v) is 3.84. The van der Waals surface area contributed by atoms with Gasteiger partial charge in [-0.05, 0) is 13.5 Å². The van der Waals surface area contributed by atoms with Gasteiger partial charge in [-0.15, -0.1) is 0 Å². The van der Waals surface area contributed by atoms with Crippen LogP contribution >= 0.6 is 0 Å². The summed E-state index contributed by atoms with van der Waals surface area (Å²) in [7, 11) is 1.34. The zero-order chi connectivity index (χ0) is 8.41. The molecule has 1 unspecified atom stereocenters. The molecule has 0 bridgehead atoms. The van der Waals surface area contributed by atoms with Gasteiger partial charge >= 0.3 is 0 Å². The van der Waals surface area contributed by atoms with E-state index >= 15 is 0 Å². The molecule has 5 nitrogen and oxygen atoms in total. The standard InChI is InChI=1S/C3H9NO.CH5NO2S/c1-2-3-5-4;1-2-5(3)4/h2-4H2,1H3;2H,1H3,(H,3,4)/p-1. The van der Waals surface area contributed by atoms with Gasteiger partial charge in [0.05, 0.1) is 6.61 Å². The molecule has 3 N–H and O–H groups in total. The molecular weight excluding hydrogens is 156 g/mol. The number of nitrogens with two attached hydrogens (primary N) is 1. The second-order valence-corrected chi connectivity index (χ2v) is 2.19. The first-order valence-electron chi connectivity index (χ1n) is 2.77. The Morgan fingerprint density at radius 1 is 1.80 bits per heavy atom. The van der Waals surface area contributed by atoms with Crippen molar-refractivity contribution >= 4 is 11.3 Å². The van der Waals surface area contributed by atoms with E-state index in [2.05, 4.69) is 10.7 Å². The molecular formula is C4H13N2O3S-. The van der Waals surface area contributed by atoms with E-state index in [-0.39, 0.29) is 0 Å². The van der Waals surface area contributed by atoms with Gasteiger partial charge in [-0.25, -0.2) is 5.90 Å². The predicted octanol–water partition coefficient (Wildman–Crippen LogP) is -0.713. The van der Waals surface area contributed by atoms with Crippen molar-refractivity contribution in [3.8, 4) is 0 Å². The molecule has 0 saturated heterocycles. The quantitative estimate of drug-likeness (QED) is 0.431. The van der Waals surface area contributed by atoms with Gasteiger partial charge in [0.1, 0.15) is 0 Å². The number of rotatable bonds is 3. The summed E-state index contributed by atoms with van der Waals surface area (Å²) in [4.78, 5) is 4.19. The summed E-state index contributed by atoms with van der Waals surface area (Å²) in [5.74, 6) is 4.64. The first-order chi connectivity index (χ1) is 4.68. The molecule has 0 aliphatic rings. The molecule has 0 amide bonds. The van der Waals surface area contributed by atoms with Crippen LogP contribution in [0.1, 0.15) is 13.3 Å². The molecule has 64 valence electrons. The third-order valence-electron chi connectivity index (χ3n) is 0.489. The van der Waals surface area contributed by atoms with Gasteiger partial charge in [-0.3, -0.25) is 8.93 Å². The van der Waals surface area contributed by atoms with Crippen LogP contribution in [0.25, 0.3) is 0 Å². The van der Waals surface area contributed by atoms with E-state index in [0.29, 0.717) is 6.61 Å². The van der Waals surface area contributed by atoms with Crippen molar-refractivity contribution in [2.45, 2.75) is 13.3 Å². The van der Waals surface area contributed by atoms with Crippen LogP contribution in [0.2, 0.25) is 0 Å². The fourth-order valence-electron chi connectivity index (χ4n) is 0.118. The highest BCUT2D eigenvalue weighted by Gasteiger charge is 1.66. The Bertz CT molecular complexity index is 78.9. The molecule has 0 spiro atoms. The Morgan fingerprint density at radius 3 is 2.20 bits per heavy atom. The highest BCUT2D eigenvalue weighted by molar-refractivity contribution is 7.77. The molecule has 0 rings (SSSR count). The predicted molar refractivity (Wildman–Crippen MR) is 38.4 cm³/mol. The summed E-state index contributed by atoms with van der Waals surface area (Å²) >= 11 is -2.07. The van der Waals surface area contributed by atoms with Gasteiger partial charge in [0, 0.05) is 11.3 Å². The molecule has 0 aliphatic heterocycles. The van der Waals surface area contributed by atoms with Crippen LogP contribution in [0.15, 0.2) is 0 Å².